The molecule has 2 unspecified atom stereocenters. The van der Waals surface area contributed by atoms with E-state index in [1.165, 1.54) is 64.2 Å². The first-order valence-corrected chi connectivity index (χ1v) is 55.2. The highest BCUT2D eigenvalue weighted by Gasteiger charge is 2.39. The average molecular weight is 2020 g/mol. The molecule has 6 fully saturated rings. The van der Waals surface area contributed by atoms with Crippen LogP contribution in [-0.4, -0.2) is 178 Å². The van der Waals surface area contributed by atoms with Gasteiger partial charge in [0.15, 0.2) is 0 Å². The van der Waals surface area contributed by atoms with E-state index in [1.54, 1.807) is 0 Å². The quantitative estimate of drug-likeness (QED) is 0.0180. The molecule has 6 N–H and O–H groups in total. The average Bonchev–Trinajstić information content (AvgIpc) is 1.68. The molecule has 12 aromatic rings. The van der Waals surface area contributed by atoms with Crippen molar-refractivity contribution < 1.29 is 47.7 Å². The van der Waals surface area contributed by atoms with Gasteiger partial charge in [-0.1, -0.05) is 66.2 Å². The van der Waals surface area contributed by atoms with E-state index in [4.69, 9.17) is 25.4 Å². The van der Waals surface area contributed by atoms with Gasteiger partial charge in [0.05, 0.1) is 57.3 Å². The molecule has 0 saturated heterocycles. The third kappa shape index (κ3) is 30.0. The molecule has 18 rings (SSSR count). The first-order valence-electron chi connectivity index (χ1n) is 55.2. The summed E-state index contributed by atoms with van der Waals surface area (Å²) in [6.45, 7) is 49.7. The Morgan fingerprint density at radius 3 is 1.06 bits per heavy atom. The van der Waals surface area contributed by atoms with Gasteiger partial charge in [0.25, 0.3) is 35.4 Å². The van der Waals surface area contributed by atoms with Crippen molar-refractivity contribution in [2.24, 2.45) is 29.6 Å². The topological polar surface area (TPSA) is 315 Å². The van der Waals surface area contributed by atoms with E-state index in [1.807, 2.05) is 226 Å². The number of hydrogen-bond acceptors (Lipinski definition) is 16. The molecule has 12 heterocycles. The summed E-state index contributed by atoms with van der Waals surface area (Å²) in [5.74, 6) is 5.76. The first-order chi connectivity index (χ1) is 70.7. The Morgan fingerprint density at radius 1 is 0.378 bits per heavy atom. The molecule has 6 amide bonds. The van der Waals surface area contributed by atoms with Crippen LogP contribution in [0.15, 0.2) is 110 Å². The summed E-state index contributed by atoms with van der Waals surface area (Å²) >= 11 is 0. The van der Waals surface area contributed by atoms with Gasteiger partial charge in [0.2, 0.25) is 0 Å². The summed E-state index contributed by atoms with van der Waals surface area (Å²) in [7, 11) is 0. The molecule has 0 spiro atoms. The summed E-state index contributed by atoms with van der Waals surface area (Å²) in [6, 6.07) is 23.9. The smallest absolute Gasteiger partial charge is 0.255 e. The normalized spacial score (nSPS) is 21.4. The number of rotatable bonds is 30. The minimum atomic E-state index is -0.190. The van der Waals surface area contributed by atoms with Crippen molar-refractivity contribution in [3.63, 3.8) is 0 Å². The summed E-state index contributed by atoms with van der Waals surface area (Å²) in [4.78, 5) is 104. The number of nitrogens with one attached hydrogen (secondary N) is 6. The number of aryl methyl sites for hydroxylation is 12. The lowest BCUT2D eigenvalue weighted by Gasteiger charge is -2.39. The van der Waals surface area contributed by atoms with E-state index < -0.39 is 0 Å². The highest BCUT2D eigenvalue weighted by Crippen LogP contribution is 2.39. The van der Waals surface area contributed by atoms with Crippen LogP contribution in [0.1, 0.15) is 386 Å². The first kappa shape index (κ1) is 114. The highest BCUT2D eigenvalue weighted by molar-refractivity contribution is 6.04. The summed E-state index contributed by atoms with van der Waals surface area (Å²) in [5, 5.41) is 19.2. The second-order valence-corrected chi connectivity index (χ2v) is 44.7. The van der Waals surface area contributed by atoms with Gasteiger partial charge in [-0.3, -0.25) is 28.8 Å². The van der Waals surface area contributed by atoms with E-state index in [0.29, 0.717) is 69.9 Å². The molecule has 28 heteroatoms. The van der Waals surface area contributed by atoms with Gasteiger partial charge in [-0.15, -0.1) is 12.3 Å². The van der Waals surface area contributed by atoms with Crippen molar-refractivity contribution in [3.05, 3.63) is 212 Å². The van der Waals surface area contributed by atoms with Crippen LogP contribution >= 0.6 is 0 Å². The number of terminal acetylenes is 1. The Bertz CT molecular complexity index is 6410. The van der Waals surface area contributed by atoms with Gasteiger partial charge in [-0.2, -0.15) is 0 Å². The molecular formula is C120H170N18O10. The summed E-state index contributed by atoms with van der Waals surface area (Å²) in [5.41, 5.74) is 20.1. The molecule has 12 aromatic heterocycles. The second kappa shape index (κ2) is 52.2. The molecule has 6 aliphatic rings. The van der Waals surface area contributed by atoms with Gasteiger partial charge in [-0.25, -0.2) is 29.9 Å². The standard InChI is InChI=1S/C22H29N3O2.C21H31N3O2.2C20H29N3O.C19H27N3O2.C18H25N3O2/c1-4-5-6-7-14-27-19-10-8-18(9-11-19)24-22(26)20-12-13-25-17(3)15-16(2)23-21(20)25;1-4-5-6-12-26-18-9-7-8-17(14-18)23-21(25)19-10-11-24-16(3)13-15(2)22-20(19)24;2*1-13-6-8-16(9-7-13)20(4,5)22-19(24)17-10-11-23-15(3)12-14(2)21-18(17)23;1-5-24-19(4)9-6-15(7-10-19)21-18(23)16-8-11-22-14(3)12-13(2)20-17(16)22;1-4-7-23-15-9-14(10-15)11-19-18(22)16-5-6-21-13(3)8-12(2)20-17(16)21/h1,12-13,15,18-19H,5-11,14H2,2-3H3,(H,24,26);10-11,13,17-18H,4-9,12,14H2,1-3H3,(H,23,25);2*10-13,16H,6-9H2,1-5H3,(H,22,24);8,11-12,15H,5-7,9-10H2,1-4H3,(H,21,23);5-6,8,14-15H,4,7,9-11H2,1-3H3,(H,19,22). The Labute approximate surface area is 878 Å². The predicted octanol–water partition coefficient (Wildman–Crippen LogP) is 22.9. The predicted molar refractivity (Wildman–Crippen MR) is 589 cm³/mol. The third-order valence-electron chi connectivity index (χ3n) is 31.4. The maximum absolute atomic E-state index is 12.9. The Hall–Kier alpha value is -11.6. The Morgan fingerprint density at radius 2 is 0.709 bits per heavy atom. The Balaban J connectivity index is 0.000000148. The highest BCUT2D eigenvalue weighted by atomic mass is 16.5. The van der Waals surface area contributed by atoms with Gasteiger partial charge in [0, 0.05) is 174 Å². The second-order valence-electron chi connectivity index (χ2n) is 44.7. The van der Waals surface area contributed by atoms with Crippen molar-refractivity contribution in [1.29, 1.82) is 0 Å². The van der Waals surface area contributed by atoms with Crippen LogP contribution in [0.2, 0.25) is 0 Å². The molecule has 800 valence electrons. The van der Waals surface area contributed by atoms with Crippen LogP contribution in [-0.2, 0) is 18.9 Å². The van der Waals surface area contributed by atoms with E-state index in [9.17, 15) is 28.8 Å². The maximum Gasteiger partial charge on any atom is 0.255 e. The molecule has 6 saturated carbocycles. The molecule has 0 radical (unpaired) electrons. The van der Waals surface area contributed by atoms with E-state index >= 15 is 0 Å². The minimum absolute atomic E-state index is 0.0152. The van der Waals surface area contributed by atoms with Crippen LogP contribution in [0.3, 0.4) is 0 Å². The van der Waals surface area contributed by atoms with Crippen molar-refractivity contribution in [1.82, 2.24) is 88.2 Å². The van der Waals surface area contributed by atoms with Gasteiger partial charge in [0.1, 0.15) is 33.9 Å². The number of aromatic nitrogens is 12. The van der Waals surface area contributed by atoms with Crippen LogP contribution in [0.5, 0.6) is 0 Å². The number of amides is 6. The molecule has 28 nitrogen and oxygen atoms in total. The molecule has 148 heavy (non-hydrogen) atoms. The molecule has 0 aliphatic heterocycles. The number of nitrogens with zero attached hydrogens (tertiary/aromatic N) is 12. The van der Waals surface area contributed by atoms with E-state index in [0.717, 1.165) is 262 Å². The van der Waals surface area contributed by atoms with Gasteiger partial charge < -0.3 is 77.3 Å². The van der Waals surface area contributed by atoms with Crippen LogP contribution in [0.25, 0.3) is 33.9 Å². The Kier molecular flexibility index (Phi) is 40.0. The molecule has 0 bridgehead atoms. The zero-order valence-corrected chi connectivity index (χ0v) is 92.8. The fraction of sp³-hybridized carbons (Fsp3) is 0.583. The number of hydrogen-bond donors (Lipinski definition) is 6. The van der Waals surface area contributed by atoms with Crippen molar-refractivity contribution in [2.45, 2.75) is 392 Å². The van der Waals surface area contributed by atoms with Crippen LogP contribution in [0.4, 0.5) is 0 Å². The zero-order chi connectivity index (χ0) is 106. The minimum Gasteiger partial charge on any atom is -0.378 e. The monoisotopic (exact) mass is 2020 g/mol. The number of carbonyl (C=O) groups excluding carboxylic acids is 6. The van der Waals surface area contributed by atoms with E-state index in [-0.39, 0.29) is 76.4 Å². The third-order valence-corrected chi connectivity index (χ3v) is 31.4. The number of unbranched alkanes of at least 4 members (excludes halogenated alkanes) is 4. The molecule has 6 aliphatic carbocycles. The molecular weight excluding hydrogens is 1850 g/mol. The van der Waals surface area contributed by atoms with Crippen LogP contribution in [0, 0.1) is 125 Å². The van der Waals surface area contributed by atoms with Crippen LogP contribution < -0.4 is 31.9 Å². The molecule has 2 atom stereocenters. The summed E-state index contributed by atoms with van der Waals surface area (Å²) in [6.07, 6.45) is 49.1. The maximum atomic E-state index is 12.9. The zero-order valence-electron chi connectivity index (χ0n) is 92.8. The fourth-order valence-corrected chi connectivity index (χ4v) is 22.5. The van der Waals surface area contributed by atoms with Gasteiger partial charge in [-0.05, 0) is 368 Å². The number of carbonyl (C=O) groups is 6. The molecule has 0 aromatic carbocycles. The van der Waals surface area contributed by atoms with Crippen molar-refractivity contribution >= 4 is 69.3 Å². The lowest BCUT2D eigenvalue weighted by Crippen LogP contribution is -2.50. The van der Waals surface area contributed by atoms with E-state index in [2.05, 4.69) is 130 Å². The van der Waals surface area contributed by atoms with Crippen molar-refractivity contribution in [2.75, 3.05) is 33.0 Å². The van der Waals surface area contributed by atoms with Crippen molar-refractivity contribution in [3.8, 4) is 12.3 Å². The fourth-order valence-electron chi connectivity index (χ4n) is 22.5. The van der Waals surface area contributed by atoms with Gasteiger partial charge >= 0.3 is 0 Å². The largest absolute Gasteiger partial charge is 0.378 e. The lowest BCUT2D eigenvalue weighted by molar-refractivity contribution is -0.0544. The summed E-state index contributed by atoms with van der Waals surface area (Å²) < 4.78 is 35.3. The number of ether oxygens (including phenoxy) is 4. The SMILES string of the molecule is C#CCCCCOC1CCC(NC(=O)c2ccn3c(C)cc(C)nc23)CC1.CCCCCOC1CCCC(NC(=O)c2ccn3c(C)cc(C)nc23)C1.CCCOC1CC(CNC(=O)c2ccn3c(C)cc(C)nc23)C1.CCOC1(C)CCC(NC(=O)c2ccn3c(C)cc(C)nc23)CC1.Cc1cc(C)n2ccc(C(=O)NC(C)(C)C3CCC(C)CC3)c2n1.Cc1cc(C)n2ccc(C(=O)NC(C)(C)C3CCC(C)CC3)c2n1. The number of fused-ring (bicyclic) bond motifs is 6. The lowest BCUT2D eigenvalue weighted by atomic mass is 9.73.